The first kappa shape index (κ1) is 13.9. The van der Waals surface area contributed by atoms with Gasteiger partial charge in [0, 0.05) is 16.6 Å². The predicted molar refractivity (Wildman–Crippen MR) is 84.2 cm³/mol. The van der Waals surface area contributed by atoms with E-state index in [4.69, 9.17) is 15.2 Å². The summed E-state index contributed by atoms with van der Waals surface area (Å²) in [6.07, 6.45) is 1.93. The smallest absolute Gasteiger partial charge is 0.134 e. The Morgan fingerprint density at radius 2 is 2.00 bits per heavy atom. The SMILES string of the molecule is CCc1cc(CC)n(Cc2c(CN)oc3ccccc23)n1. The highest BCUT2D eigenvalue weighted by Gasteiger charge is 2.15. The number of furan rings is 1. The molecule has 0 bridgehead atoms. The van der Waals surface area contributed by atoms with Gasteiger partial charge in [-0.05, 0) is 25.0 Å². The highest BCUT2D eigenvalue weighted by Crippen LogP contribution is 2.26. The van der Waals surface area contributed by atoms with E-state index >= 15 is 0 Å². The van der Waals surface area contributed by atoms with Gasteiger partial charge in [0.25, 0.3) is 0 Å². The van der Waals surface area contributed by atoms with Crippen molar-refractivity contribution in [1.82, 2.24) is 9.78 Å². The summed E-state index contributed by atoms with van der Waals surface area (Å²) >= 11 is 0. The van der Waals surface area contributed by atoms with E-state index < -0.39 is 0 Å². The van der Waals surface area contributed by atoms with E-state index in [0.29, 0.717) is 13.1 Å². The molecule has 0 saturated heterocycles. The molecule has 2 N–H and O–H groups in total. The fourth-order valence-electron chi connectivity index (χ4n) is 2.75. The normalized spacial score (nSPS) is 11.4. The number of nitrogens with two attached hydrogens (primary N) is 1. The lowest BCUT2D eigenvalue weighted by Gasteiger charge is -2.06. The van der Waals surface area contributed by atoms with E-state index in [1.54, 1.807) is 0 Å². The van der Waals surface area contributed by atoms with E-state index in [1.807, 2.05) is 18.2 Å². The van der Waals surface area contributed by atoms with E-state index in [1.165, 1.54) is 5.69 Å². The molecule has 0 fully saturated rings. The third-order valence-corrected chi connectivity index (χ3v) is 3.91. The molecule has 0 unspecified atom stereocenters. The summed E-state index contributed by atoms with van der Waals surface area (Å²) in [5, 5.41) is 5.82. The zero-order valence-electron chi connectivity index (χ0n) is 12.6. The quantitative estimate of drug-likeness (QED) is 0.782. The summed E-state index contributed by atoms with van der Waals surface area (Å²) in [6.45, 7) is 5.41. The number of aryl methyl sites for hydroxylation is 2. The van der Waals surface area contributed by atoms with Crippen LogP contribution in [0.2, 0.25) is 0 Å². The van der Waals surface area contributed by atoms with Crippen LogP contribution in [0.4, 0.5) is 0 Å². The Morgan fingerprint density at radius 3 is 2.71 bits per heavy atom. The second kappa shape index (κ2) is 5.74. The molecule has 0 aliphatic heterocycles. The van der Waals surface area contributed by atoms with Crippen molar-refractivity contribution in [1.29, 1.82) is 0 Å². The van der Waals surface area contributed by atoms with Gasteiger partial charge >= 0.3 is 0 Å². The molecule has 3 rings (SSSR count). The number of para-hydroxylation sites is 1. The van der Waals surface area contributed by atoms with Gasteiger partial charge in [-0.25, -0.2) is 0 Å². The Labute approximate surface area is 124 Å². The summed E-state index contributed by atoms with van der Waals surface area (Å²) in [4.78, 5) is 0. The molecular formula is C17H21N3O. The van der Waals surface area contributed by atoms with Crippen molar-refractivity contribution in [3.8, 4) is 0 Å². The van der Waals surface area contributed by atoms with Crippen LogP contribution in [0.25, 0.3) is 11.0 Å². The molecular weight excluding hydrogens is 262 g/mol. The lowest BCUT2D eigenvalue weighted by molar-refractivity contribution is 0.536. The monoisotopic (exact) mass is 283 g/mol. The number of benzene rings is 1. The first-order chi connectivity index (χ1) is 10.3. The third kappa shape index (κ3) is 2.47. The summed E-state index contributed by atoms with van der Waals surface area (Å²) < 4.78 is 7.94. The van der Waals surface area contributed by atoms with Crippen LogP contribution < -0.4 is 5.73 Å². The molecule has 4 heteroatoms. The molecule has 21 heavy (non-hydrogen) atoms. The fourth-order valence-corrected chi connectivity index (χ4v) is 2.75. The minimum absolute atomic E-state index is 0.410. The maximum atomic E-state index is 5.86. The third-order valence-electron chi connectivity index (χ3n) is 3.91. The molecule has 0 amide bonds. The maximum Gasteiger partial charge on any atom is 0.134 e. The van der Waals surface area contributed by atoms with Crippen LogP contribution in [0, 0.1) is 0 Å². The number of fused-ring (bicyclic) bond motifs is 1. The van der Waals surface area contributed by atoms with Crippen LogP contribution in [-0.4, -0.2) is 9.78 Å². The lowest BCUT2D eigenvalue weighted by atomic mass is 10.1. The van der Waals surface area contributed by atoms with E-state index in [-0.39, 0.29) is 0 Å². The Hall–Kier alpha value is -2.07. The summed E-state index contributed by atoms with van der Waals surface area (Å²) in [5.41, 5.74) is 10.3. The predicted octanol–water partition coefficient (Wildman–Crippen LogP) is 3.26. The van der Waals surface area contributed by atoms with Gasteiger partial charge in [-0.1, -0.05) is 32.0 Å². The molecule has 0 saturated carbocycles. The van der Waals surface area contributed by atoms with Crippen molar-refractivity contribution >= 4 is 11.0 Å². The zero-order valence-corrected chi connectivity index (χ0v) is 12.6. The van der Waals surface area contributed by atoms with Crippen molar-refractivity contribution < 1.29 is 4.42 Å². The number of hydrogen-bond donors (Lipinski definition) is 1. The number of aromatic nitrogens is 2. The molecule has 3 aromatic rings. The maximum absolute atomic E-state index is 5.86. The number of rotatable bonds is 5. The highest BCUT2D eigenvalue weighted by atomic mass is 16.3. The average Bonchev–Trinajstić information content (AvgIpc) is 3.09. The highest BCUT2D eigenvalue weighted by molar-refractivity contribution is 5.82. The zero-order chi connectivity index (χ0) is 14.8. The molecule has 0 atom stereocenters. The van der Waals surface area contributed by atoms with Crippen LogP contribution in [0.5, 0.6) is 0 Å². The number of nitrogens with zero attached hydrogens (tertiary/aromatic N) is 2. The lowest BCUT2D eigenvalue weighted by Crippen LogP contribution is -2.08. The van der Waals surface area contributed by atoms with Crippen LogP contribution in [0.15, 0.2) is 34.7 Å². The van der Waals surface area contributed by atoms with E-state index in [2.05, 4.69) is 30.7 Å². The Kier molecular flexibility index (Phi) is 3.80. The van der Waals surface area contributed by atoms with Gasteiger partial charge in [0.1, 0.15) is 11.3 Å². The molecule has 0 spiro atoms. The number of hydrogen-bond acceptors (Lipinski definition) is 3. The van der Waals surface area contributed by atoms with Gasteiger partial charge in [-0.2, -0.15) is 5.10 Å². The van der Waals surface area contributed by atoms with Crippen LogP contribution in [0.1, 0.15) is 36.6 Å². The van der Waals surface area contributed by atoms with Gasteiger partial charge in [0.05, 0.1) is 18.8 Å². The first-order valence-electron chi connectivity index (χ1n) is 7.51. The first-order valence-corrected chi connectivity index (χ1v) is 7.51. The van der Waals surface area contributed by atoms with Crippen molar-refractivity contribution in [3.05, 3.63) is 53.0 Å². The minimum atomic E-state index is 0.410. The largest absolute Gasteiger partial charge is 0.459 e. The van der Waals surface area contributed by atoms with E-state index in [0.717, 1.165) is 40.8 Å². The van der Waals surface area contributed by atoms with Crippen molar-refractivity contribution in [2.75, 3.05) is 0 Å². The fraction of sp³-hybridized carbons (Fsp3) is 0.353. The van der Waals surface area contributed by atoms with Gasteiger partial charge in [0.2, 0.25) is 0 Å². The van der Waals surface area contributed by atoms with Crippen molar-refractivity contribution in [2.24, 2.45) is 5.73 Å². The molecule has 0 aliphatic rings. The topological polar surface area (TPSA) is 57.0 Å². The second-order valence-corrected chi connectivity index (χ2v) is 5.20. The molecule has 0 radical (unpaired) electrons. The molecule has 110 valence electrons. The average molecular weight is 283 g/mol. The van der Waals surface area contributed by atoms with Gasteiger partial charge in [-0.15, -0.1) is 0 Å². The Morgan fingerprint density at radius 1 is 1.19 bits per heavy atom. The Balaban J connectivity index is 2.07. The van der Waals surface area contributed by atoms with Crippen LogP contribution >= 0.6 is 0 Å². The van der Waals surface area contributed by atoms with Crippen LogP contribution in [0.3, 0.4) is 0 Å². The van der Waals surface area contributed by atoms with Gasteiger partial charge < -0.3 is 10.2 Å². The van der Waals surface area contributed by atoms with Gasteiger partial charge in [-0.3, -0.25) is 4.68 Å². The Bertz CT molecular complexity index is 755. The molecule has 2 heterocycles. The summed E-state index contributed by atoms with van der Waals surface area (Å²) in [6, 6.07) is 10.3. The standard InChI is InChI=1S/C17H21N3O/c1-3-12-9-13(4-2)20(19-12)11-15-14-7-5-6-8-16(14)21-17(15)10-18/h5-9H,3-4,10-11,18H2,1-2H3. The molecule has 2 aromatic heterocycles. The summed E-state index contributed by atoms with van der Waals surface area (Å²) in [5.74, 6) is 0.854. The molecule has 1 aromatic carbocycles. The second-order valence-electron chi connectivity index (χ2n) is 5.20. The summed E-state index contributed by atoms with van der Waals surface area (Å²) in [7, 11) is 0. The molecule has 0 aliphatic carbocycles. The van der Waals surface area contributed by atoms with Crippen molar-refractivity contribution in [2.45, 2.75) is 39.8 Å². The minimum Gasteiger partial charge on any atom is -0.459 e. The van der Waals surface area contributed by atoms with Crippen LogP contribution in [-0.2, 0) is 25.9 Å². The molecule has 4 nitrogen and oxygen atoms in total. The van der Waals surface area contributed by atoms with Crippen molar-refractivity contribution in [3.63, 3.8) is 0 Å². The van der Waals surface area contributed by atoms with E-state index in [9.17, 15) is 0 Å². The van der Waals surface area contributed by atoms with Gasteiger partial charge in [0.15, 0.2) is 0 Å².